The van der Waals surface area contributed by atoms with Crippen LogP contribution in [0.25, 0.3) is 0 Å². The van der Waals surface area contributed by atoms with Gasteiger partial charge in [-0.15, -0.1) is 0 Å². The smallest absolute Gasteiger partial charge is 0.0409 e. The number of hydrogen-bond donors (Lipinski definition) is 0. The van der Waals surface area contributed by atoms with E-state index in [-0.39, 0.29) is 0 Å². The minimum Gasteiger partial charge on any atom is -0.302 e. The van der Waals surface area contributed by atoms with Crippen molar-refractivity contribution in [2.75, 3.05) is 18.9 Å². The Hall–Kier alpha value is -0.0500. The highest BCUT2D eigenvalue weighted by atomic mass is 79.9. The Morgan fingerprint density at radius 3 is 2.80 bits per heavy atom. The van der Waals surface area contributed by atoms with Crippen LogP contribution in [0.5, 0.6) is 0 Å². The molecule has 0 aromatic heterocycles. The molecular weight excluding hydrogens is 273 g/mol. The van der Waals surface area contributed by atoms with Crippen LogP contribution in [0.15, 0.2) is 24.3 Å². The molecule has 1 nitrogen and oxygen atoms in total. The molecule has 1 aromatic carbocycles. The molecule has 0 heterocycles. The van der Waals surface area contributed by atoms with E-state index in [2.05, 4.69) is 33.9 Å². The van der Waals surface area contributed by atoms with Crippen LogP contribution in [0, 0.1) is 0 Å². The largest absolute Gasteiger partial charge is 0.302 e. The zero-order valence-corrected chi connectivity index (χ0v) is 11.4. The normalized spacial score (nSPS) is 10.9. The molecule has 1 rings (SSSR count). The van der Waals surface area contributed by atoms with Gasteiger partial charge in [-0.3, -0.25) is 0 Å². The van der Waals surface area contributed by atoms with Crippen LogP contribution in [-0.4, -0.2) is 23.8 Å². The Morgan fingerprint density at radius 1 is 1.33 bits per heavy atom. The third-order valence-corrected chi connectivity index (χ3v) is 3.06. The molecule has 0 spiro atoms. The number of rotatable bonds is 6. The molecule has 0 bridgehead atoms. The molecule has 0 amide bonds. The predicted molar refractivity (Wildman–Crippen MR) is 70.8 cm³/mol. The number of nitrogens with zero attached hydrogens (tertiary/aromatic N) is 1. The number of benzene rings is 1. The third-order valence-electron chi connectivity index (χ3n) is 2.26. The summed E-state index contributed by atoms with van der Waals surface area (Å²) in [5, 5.41) is 1.92. The molecule has 0 aliphatic rings. The molecule has 15 heavy (non-hydrogen) atoms. The van der Waals surface area contributed by atoms with Gasteiger partial charge >= 0.3 is 0 Å². The van der Waals surface area contributed by atoms with E-state index in [1.807, 2.05) is 18.2 Å². The monoisotopic (exact) mass is 289 g/mol. The topological polar surface area (TPSA) is 3.24 Å². The second-order valence-corrected chi connectivity index (χ2v) is 4.99. The molecule has 0 saturated heterocycles. The van der Waals surface area contributed by atoms with Crippen molar-refractivity contribution in [3.05, 3.63) is 34.9 Å². The molecule has 84 valence electrons. The van der Waals surface area contributed by atoms with Gasteiger partial charge in [-0.05, 0) is 44.1 Å². The van der Waals surface area contributed by atoms with Gasteiger partial charge in [-0.25, -0.2) is 0 Å². The number of unbranched alkanes of at least 4 members (excludes halogenated alkanes) is 1. The molecule has 0 unspecified atom stereocenters. The molecule has 0 aliphatic heterocycles. The van der Waals surface area contributed by atoms with Crippen molar-refractivity contribution < 1.29 is 0 Å². The van der Waals surface area contributed by atoms with Gasteiger partial charge in [-0.2, -0.15) is 0 Å². The van der Waals surface area contributed by atoms with Gasteiger partial charge < -0.3 is 4.90 Å². The summed E-state index contributed by atoms with van der Waals surface area (Å²) in [5.41, 5.74) is 1.28. The van der Waals surface area contributed by atoms with Gasteiger partial charge in [0.1, 0.15) is 0 Å². The summed E-state index contributed by atoms with van der Waals surface area (Å²) >= 11 is 9.37. The number of hydrogen-bond acceptors (Lipinski definition) is 1. The lowest BCUT2D eigenvalue weighted by molar-refractivity contribution is 0.321. The zero-order valence-electron chi connectivity index (χ0n) is 9.05. The van der Waals surface area contributed by atoms with E-state index < -0.39 is 0 Å². The average molecular weight is 291 g/mol. The Morgan fingerprint density at radius 2 is 2.13 bits per heavy atom. The fourth-order valence-electron chi connectivity index (χ4n) is 1.50. The lowest BCUT2D eigenvalue weighted by Crippen LogP contribution is -2.19. The maximum absolute atomic E-state index is 5.93. The van der Waals surface area contributed by atoms with Gasteiger partial charge in [-0.1, -0.05) is 39.7 Å². The van der Waals surface area contributed by atoms with Crippen LogP contribution in [0.3, 0.4) is 0 Å². The van der Waals surface area contributed by atoms with E-state index >= 15 is 0 Å². The Kier molecular flexibility index (Phi) is 6.30. The summed E-state index contributed by atoms with van der Waals surface area (Å²) in [5.74, 6) is 0. The first-order valence-electron chi connectivity index (χ1n) is 5.21. The van der Waals surface area contributed by atoms with Crippen LogP contribution in [0.4, 0.5) is 0 Å². The maximum Gasteiger partial charge on any atom is 0.0409 e. The quantitative estimate of drug-likeness (QED) is 0.566. The van der Waals surface area contributed by atoms with Gasteiger partial charge in [0.05, 0.1) is 0 Å². The Balaban J connectivity index is 2.34. The van der Waals surface area contributed by atoms with Crippen molar-refractivity contribution in [3.63, 3.8) is 0 Å². The van der Waals surface area contributed by atoms with Crippen molar-refractivity contribution >= 4 is 27.5 Å². The first-order chi connectivity index (χ1) is 7.22. The lowest BCUT2D eigenvalue weighted by atomic mass is 10.2. The number of halogens is 2. The minimum absolute atomic E-state index is 0.821. The highest BCUT2D eigenvalue weighted by Gasteiger charge is 2.00. The maximum atomic E-state index is 5.93. The summed E-state index contributed by atoms with van der Waals surface area (Å²) in [6, 6.07) is 8.06. The van der Waals surface area contributed by atoms with Gasteiger partial charge in [0.25, 0.3) is 0 Å². The second-order valence-electron chi connectivity index (χ2n) is 3.76. The zero-order chi connectivity index (χ0) is 11.1. The lowest BCUT2D eigenvalue weighted by Gasteiger charge is -2.16. The van der Waals surface area contributed by atoms with Crippen LogP contribution in [0.2, 0.25) is 5.02 Å². The standard InChI is InChI=1S/C12H17BrClN/c1-15(8-3-2-7-13)10-11-5-4-6-12(14)9-11/h4-6,9H,2-3,7-8,10H2,1H3. The Bertz CT molecular complexity index is 291. The predicted octanol–water partition coefficient (Wildman–Crippen LogP) is 3.95. The molecule has 0 aliphatic carbocycles. The molecule has 3 heteroatoms. The van der Waals surface area contributed by atoms with E-state index in [0.717, 1.165) is 23.4 Å². The second kappa shape index (κ2) is 7.26. The van der Waals surface area contributed by atoms with Crippen LogP contribution >= 0.6 is 27.5 Å². The Labute approximate surface area is 106 Å². The van der Waals surface area contributed by atoms with E-state index in [4.69, 9.17) is 11.6 Å². The van der Waals surface area contributed by atoms with Crippen LogP contribution in [-0.2, 0) is 6.54 Å². The molecular formula is C12H17BrClN. The summed E-state index contributed by atoms with van der Waals surface area (Å²) in [6.07, 6.45) is 2.47. The molecule has 0 N–H and O–H groups in total. The highest BCUT2D eigenvalue weighted by molar-refractivity contribution is 9.09. The SMILES string of the molecule is CN(CCCCBr)Cc1cccc(Cl)c1. The minimum atomic E-state index is 0.821. The van der Waals surface area contributed by atoms with Crippen molar-refractivity contribution in [1.82, 2.24) is 4.90 Å². The van der Waals surface area contributed by atoms with Gasteiger partial charge in [0.15, 0.2) is 0 Å². The van der Waals surface area contributed by atoms with Crippen molar-refractivity contribution in [2.45, 2.75) is 19.4 Å². The fraction of sp³-hybridized carbons (Fsp3) is 0.500. The van der Waals surface area contributed by atoms with Crippen molar-refractivity contribution in [2.24, 2.45) is 0 Å². The van der Waals surface area contributed by atoms with E-state index in [9.17, 15) is 0 Å². The first kappa shape index (κ1) is 13.0. The molecule has 1 aromatic rings. The number of alkyl halides is 1. The van der Waals surface area contributed by atoms with Crippen LogP contribution in [0.1, 0.15) is 18.4 Å². The van der Waals surface area contributed by atoms with Crippen molar-refractivity contribution in [1.29, 1.82) is 0 Å². The van der Waals surface area contributed by atoms with E-state index in [1.165, 1.54) is 18.4 Å². The molecule has 0 saturated carbocycles. The van der Waals surface area contributed by atoms with Crippen molar-refractivity contribution in [3.8, 4) is 0 Å². The first-order valence-corrected chi connectivity index (χ1v) is 6.71. The van der Waals surface area contributed by atoms with Gasteiger partial charge in [0.2, 0.25) is 0 Å². The van der Waals surface area contributed by atoms with Crippen LogP contribution < -0.4 is 0 Å². The van der Waals surface area contributed by atoms with Gasteiger partial charge in [0, 0.05) is 16.9 Å². The summed E-state index contributed by atoms with van der Waals surface area (Å²) in [6.45, 7) is 2.11. The molecule has 0 fully saturated rings. The average Bonchev–Trinajstić information content (AvgIpc) is 2.18. The summed E-state index contributed by atoms with van der Waals surface area (Å²) in [4.78, 5) is 2.33. The summed E-state index contributed by atoms with van der Waals surface area (Å²) < 4.78 is 0. The van der Waals surface area contributed by atoms with E-state index in [1.54, 1.807) is 0 Å². The highest BCUT2D eigenvalue weighted by Crippen LogP contribution is 2.12. The van der Waals surface area contributed by atoms with E-state index in [0.29, 0.717) is 0 Å². The molecule has 0 atom stereocenters. The fourth-order valence-corrected chi connectivity index (χ4v) is 2.11. The molecule has 0 radical (unpaired) electrons. The summed E-state index contributed by atoms with van der Waals surface area (Å²) in [7, 11) is 2.15. The third kappa shape index (κ3) is 5.55.